The van der Waals surface area contributed by atoms with Gasteiger partial charge in [0, 0.05) is 31.8 Å². The summed E-state index contributed by atoms with van der Waals surface area (Å²) in [6, 6.07) is 0. The Kier molecular flexibility index (Phi) is 4.45. The van der Waals surface area contributed by atoms with E-state index in [2.05, 4.69) is 18.2 Å². The molecule has 0 spiro atoms. The van der Waals surface area contributed by atoms with E-state index < -0.39 is 0 Å². The first kappa shape index (κ1) is 13.2. The topological polar surface area (TPSA) is 29.5 Å². The predicted octanol–water partition coefficient (Wildman–Crippen LogP) is 2.88. The van der Waals surface area contributed by atoms with E-state index in [1.165, 1.54) is 0 Å². The van der Waals surface area contributed by atoms with Crippen molar-refractivity contribution in [1.82, 2.24) is 4.90 Å². The normalized spacial score (nSPS) is 21.1. The zero-order valence-electron chi connectivity index (χ0n) is 11.4. The molecule has 3 heteroatoms. The van der Waals surface area contributed by atoms with Crippen LogP contribution in [0.5, 0.6) is 0 Å². The molecule has 2 aliphatic rings. The van der Waals surface area contributed by atoms with Crippen LogP contribution in [0, 0.1) is 5.92 Å². The first-order valence-electron chi connectivity index (χ1n) is 6.99. The number of carbonyl (C=O) groups excluding carboxylic acids is 1. The summed E-state index contributed by atoms with van der Waals surface area (Å²) in [6.45, 7) is 5.59. The van der Waals surface area contributed by atoms with Gasteiger partial charge in [-0.15, -0.1) is 0 Å². The molecule has 1 saturated heterocycles. The van der Waals surface area contributed by atoms with Gasteiger partial charge in [-0.2, -0.15) is 0 Å². The summed E-state index contributed by atoms with van der Waals surface area (Å²) in [4.78, 5) is 13.8. The van der Waals surface area contributed by atoms with E-state index in [0.29, 0.717) is 0 Å². The van der Waals surface area contributed by atoms with Gasteiger partial charge in [0.2, 0.25) is 5.91 Å². The predicted molar refractivity (Wildman–Crippen MR) is 72.0 cm³/mol. The van der Waals surface area contributed by atoms with E-state index in [-0.39, 0.29) is 17.9 Å². The minimum absolute atomic E-state index is 0.103. The maximum atomic E-state index is 11.9. The highest BCUT2D eigenvalue weighted by atomic mass is 16.5. The lowest BCUT2D eigenvalue weighted by atomic mass is 10.1. The summed E-state index contributed by atoms with van der Waals surface area (Å²) in [7, 11) is 0. The second-order valence-corrected chi connectivity index (χ2v) is 5.38. The standard InChI is InChI=1S/C15H23NO2/c1-12(2)15(17)16-10-8-14(9-11-16)18-13-6-4-3-5-7-13/h4,6-7,12,14H,3,5,8-11H2,1-2H3. The van der Waals surface area contributed by atoms with Crippen molar-refractivity contribution in [2.75, 3.05) is 13.1 Å². The van der Waals surface area contributed by atoms with Crippen molar-refractivity contribution < 1.29 is 9.53 Å². The largest absolute Gasteiger partial charge is 0.491 e. The second kappa shape index (κ2) is 6.07. The van der Waals surface area contributed by atoms with Gasteiger partial charge in [0.15, 0.2) is 0 Å². The molecule has 0 unspecified atom stereocenters. The number of nitrogens with zero attached hydrogens (tertiary/aromatic N) is 1. The Hall–Kier alpha value is -1.25. The Morgan fingerprint density at radius 1 is 1.33 bits per heavy atom. The third-order valence-corrected chi connectivity index (χ3v) is 3.51. The molecule has 3 nitrogen and oxygen atoms in total. The fraction of sp³-hybridized carbons (Fsp3) is 0.667. The van der Waals surface area contributed by atoms with Crippen LogP contribution in [0.3, 0.4) is 0 Å². The molecule has 0 aromatic carbocycles. The Labute approximate surface area is 109 Å². The smallest absolute Gasteiger partial charge is 0.225 e. The van der Waals surface area contributed by atoms with Gasteiger partial charge in [0.05, 0.1) is 0 Å². The Balaban J connectivity index is 1.78. The average molecular weight is 249 g/mol. The second-order valence-electron chi connectivity index (χ2n) is 5.38. The highest BCUT2D eigenvalue weighted by Gasteiger charge is 2.25. The maximum absolute atomic E-state index is 11.9. The van der Waals surface area contributed by atoms with Crippen LogP contribution in [-0.2, 0) is 9.53 Å². The molecule has 100 valence electrons. The zero-order valence-corrected chi connectivity index (χ0v) is 11.4. The van der Waals surface area contributed by atoms with E-state index in [9.17, 15) is 4.79 Å². The number of allylic oxidation sites excluding steroid dienone is 3. The lowest BCUT2D eigenvalue weighted by Gasteiger charge is -2.33. The molecule has 0 aromatic rings. The van der Waals surface area contributed by atoms with Crippen LogP contribution in [0.2, 0.25) is 0 Å². The van der Waals surface area contributed by atoms with Crippen LogP contribution < -0.4 is 0 Å². The van der Waals surface area contributed by atoms with Crippen LogP contribution in [0.15, 0.2) is 24.0 Å². The first-order valence-corrected chi connectivity index (χ1v) is 6.99. The number of ether oxygens (including phenoxy) is 1. The molecule has 1 fully saturated rings. The molecule has 1 aliphatic heterocycles. The van der Waals surface area contributed by atoms with Crippen molar-refractivity contribution in [3.8, 4) is 0 Å². The van der Waals surface area contributed by atoms with Gasteiger partial charge >= 0.3 is 0 Å². The molecule has 0 aromatic heterocycles. The number of amides is 1. The highest BCUT2D eigenvalue weighted by Crippen LogP contribution is 2.20. The van der Waals surface area contributed by atoms with Crippen molar-refractivity contribution in [2.45, 2.75) is 45.6 Å². The minimum Gasteiger partial charge on any atom is -0.491 e. The summed E-state index contributed by atoms with van der Waals surface area (Å²) in [6.07, 6.45) is 10.8. The maximum Gasteiger partial charge on any atom is 0.225 e. The number of hydrogen-bond donors (Lipinski definition) is 0. The lowest BCUT2D eigenvalue weighted by Crippen LogP contribution is -2.42. The van der Waals surface area contributed by atoms with E-state index in [4.69, 9.17) is 4.74 Å². The lowest BCUT2D eigenvalue weighted by molar-refractivity contribution is -0.136. The zero-order chi connectivity index (χ0) is 13.0. The summed E-state index contributed by atoms with van der Waals surface area (Å²) in [5, 5.41) is 0. The van der Waals surface area contributed by atoms with Crippen molar-refractivity contribution >= 4 is 5.91 Å². The fourth-order valence-corrected chi connectivity index (χ4v) is 2.43. The molecule has 1 heterocycles. The average Bonchev–Trinajstić information content (AvgIpc) is 2.40. The number of rotatable bonds is 3. The number of carbonyl (C=O) groups is 1. The molecule has 1 amide bonds. The van der Waals surface area contributed by atoms with Gasteiger partial charge in [-0.25, -0.2) is 0 Å². The summed E-state index contributed by atoms with van der Waals surface area (Å²) in [5.74, 6) is 1.38. The summed E-state index contributed by atoms with van der Waals surface area (Å²) in [5.41, 5.74) is 0. The van der Waals surface area contributed by atoms with Crippen LogP contribution >= 0.6 is 0 Å². The quantitative estimate of drug-likeness (QED) is 0.769. The van der Waals surface area contributed by atoms with Crippen molar-refractivity contribution in [1.29, 1.82) is 0 Å². The number of likely N-dealkylation sites (tertiary alicyclic amines) is 1. The van der Waals surface area contributed by atoms with E-state index >= 15 is 0 Å². The van der Waals surface area contributed by atoms with Gasteiger partial charge < -0.3 is 9.64 Å². The molecule has 0 saturated carbocycles. The van der Waals surface area contributed by atoms with Crippen LogP contribution in [0.4, 0.5) is 0 Å². The Morgan fingerprint density at radius 2 is 2.06 bits per heavy atom. The summed E-state index contributed by atoms with van der Waals surface area (Å²) >= 11 is 0. The monoisotopic (exact) mass is 249 g/mol. The van der Waals surface area contributed by atoms with Gasteiger partial charge in [0.25, 0.3) is 0 Å². The van der Waals surface area contributed by atoms with Crippen LogP contribution in [0.1, 0.15) is 39.5 Å². The molecule has 0 bridgehead atoms. The highest BCUT2D eigenvalue weighted by molar-refractivity contribution is 5.78. The molecule has 18 heavy (non-hydrogen) atoms. The molecule has 0 atom stereocenters. The SMILES string of the molecule is CC(C)C(=O)N1CCC(OC2=CCCC=C2)CC1. The Bertz CT molecular complexity index is 350. The van der Waals surface area contributed by atoms with E-state index in [1.807, 2.05) is 18.7 Å². The Morgan fingerprint density at radius 3 is 2.61 bits per heavy atom. The molecule has 0 radical (unpaired) electrons. The van der Waals surface area contributed by atoms with Crippen molar-refractivity contribution in [3.63, 3.8) is 0 Å². The van der Waals surface area contributed by atoms with Gasteiger partial charge in [-0.3, -0.25) is 4.79 Å². The molecule has 2 rings (SSSR count). The van der Waals surface area contributed by atoms with Crippen molar-refractivity contribution in [2.24, 2.45) is 5.92 Å². The van der Waals surface area contributed by atoms with Crippen LogP contribution in [0.25, 0.3) is 0 Å². The first-order chi connectivity index (χ1) is 8.66. The van der Waals surface area contributed by atoms with Gasteiger partial charge in [-0.05, 0) is 25.0 Å². The molecule has 0 N–H and O–H groups in total. The minimum atomic E-state index is 0.103. The fourth-order valence-electron chi connectivity index (χ4n) is 2.43. The molecular weight excluding hydrogens is 226 g/mol. The van der Waals surface area contributed by atoms with E-state index in [1.54, 1.807) is 0 Å². The third-order valence-electron chi connectivity index (χ3n) is 3.51. The van der Waals surface area contributed by atoms with Crippen LogP contribution in [-0.4, -0.2) is 30.0 Å². The number of hydrogen-bond acceptors (Lipinski definition) is 2. The van der Waals surface area contributed by atoms with Crippen molar-refractivity contribution in [3.05, 3.63) is 24.0 Å². The number of piperidine rings is 1. The van der Waals surface area contributed by atoms with Gasteiger partial charge in [-0.1, -0.05) is 19.9 Å². The molecular formula is C15H23NO2. The molecule has 1 aliphatic carbocycles. The third kappa shape index (κ3) is 3.37. The van der Waals surface area contributed by atoms with Gasteiger partial charge in [0.1, 0.15) is 11.9 Å². The summed E-state index contributed by atoms with van der Waals surface area (Å²) < 4.78 is 5.96. The van der Waals surface area contributed by atoms with E-state index in [0.717, 1.165) is 44.5 Å².